The molecule has 0 aromatic carbocycles. The molecule has 0 saturated heterocycles. The Labute approximate surface area is 146 Å². The summed E-state index contributed by atoms with van der Waals surface area (Å²) in [6, 6.07) is 5.14. The average molecular weight is 361 g/mol. The van der Waals surface area contributed by atoms with Crippen LogP contribution in [0.2, 0.25) is 5.15 Å². The molecule has 1 amide bonds. The van der Waals surface area contributed by atoms with Gasteiger partial charge in [0.25, 0.3) is 11.8 Å². The zero-order valence-electron chi connectivity index (χ0n) is 12.7. The molecule has 1 saturated carbocycles. The van der Waals surface area contributed by atoms with Crippen molar-refractivity contribution in [3.8, 4) is 10.8 Å². The van der Waals surface area contributed by atoms with Gasteiger partial charge in [-0.25, -0.2) is 4.98 Å². The molecular formula is C16H13ClN4O2S. The Balaban J connectivity index is 1.57. The van der Waals surface area contributed by atoms with Crippen LogP contribution < -0.4 is 5.32 Å². The summed E-state index contributed by atoms with van der Waals surface area (Å²) in [6.45, 7) is 1.92. The van der Waals surface area contributed by atoms with Gasteiger partial charge < -0.3 is 9.73 Å². The van der Waals surface area contributed by atoms with Gasteiger partial charge in [0.1, 0.15) is 5.15 Å². The Kier molecular flexibility index (Phi) is 3.82. The van der Waals surface area contributed by atoms with Gasteiger partial charge >= 0.3 is 0 Å². The number of thiophene rings is 1. The maximum absolute atomic E-state index is 12.4. The molecule has 0 aliphatic heterocycles. The molecule has 3 aromatic heterocycles. The average Bonchev–Trinajstić information content (AvgIpc) is 3.19. The lowest BCUT2D eigenvalue weighted by molar-refractivity contribution is 0.102. The molecule has 4 rings (SSSR count). The van der Waals surface area contributed by atoms with Gasteiger partial charge in [-0.2, -0.15) is 0 Å². The van der Waals surface area contributed by atoms with E-state index in [0.717, 1.165) is 22.6 Å². The highest BCUT2D eigenvalue weighted by molar-refractivity contribution is 7.15. The minimum Gasteiger partial charge on any atom is -0.420 e. The van der Waals surface area contributed by atoms with E-state index in [1.165, 1.54) is 11.3 Å². The van der Waals surface area contributed by atoms with E-state index < -0.39 is 0 Å². The van der Waals surface area contributed by atoms with E-state index in [-0.39, 0.29) is 11.1 Å². The minimum absolute atomic E-state index is 0.175. The second-order valence-corrected chi connectivity index (χ2v) is 7.21. The molecule has 6 nitrogen and oxygen atoms in total. The van der Waals surface area contributed by atoms with Gasteiger partial charge in [0.05, 0.1) is 16.1 Å². The fourth-order valence-corrected chi connectivity index (χ4v) is 3.39. The Morgan fingerprint density at radius 3 is 3.00 bits per heavy atom. The van der Waals surface area contributed by atoms with Crippen LogP contribution in [0.5, 0.6) is 0 Å². The van der Waals surface area contributed by atoms with Gasteiger partial charge in [-0.15, -0.1) is 21.5 Å². The van der Waals surface area contributed by atoms with E-state index in [4.69, 9.17) is 16.0 Å². The fraction of sp³-hybridized carbons (Fsp3) is 0.250. The van der Waals surface area contributed by atoms with Crippen LogP contribution in [0.25, 0.3) is 10.8 Å². The molecule has 0 bridgehead atoms. The van der Waals surface area contributed by atoms with E-state index in [2.05, 4.69) is 20.5 Å². The molecule has 24 heavy (non-hydrogen) atoms. The number of aromatic nitrogens is 3. The summed E-state index contributed by atoms with van der Waals surface area (Å²) in [4.78, 5) is 18.0. The molecule has 0 radical (unpaired) electrons. The van der Waals surface area contributed by atoms with Crippen LogP contribution in [-0.2, 0) is 0 Å². The van der Waals surface area contributed by atoms with Crippen LogP contribution in [0, 0.1) is 6.92 Å². The quantitative estimate of drug-likeness (QED) is 0.702. The van der Waals surface area contributed by atoms with Gasteiger partial charge in [0.2, 0.25) is 5.89 Å². The third-order valence-corrected chi connectivity index (χ3v) is 5.09. The molecule has 3 heterocycles. The highest BCUT2D eigenvalue weighted by Gasteiger charge is 2.30. The molecule has 1 N–H and O–H groups in total. The van der Waals surface area contributed by atoms with Crippen LogP contribution in [-0.4, -0.2) is 21.1 Å². The van der Waals surface area contributed by atoms with Crippen molar-refractivity contribution < 1.29 is 9.21 Å². The lowest BCUT2D eigenvalue weighted by Crippen LogP contribution is -2.12. The lowest BCUT2D eigenvalue weighted by atomic mass is 10.2. The standard InChI is InChI=1S/C16H13ClN4O2S/c1-8-11(19-14(22)10-3-2-6-18-13(10)17)7-12(24-8)16-21-20-15(23-16)9-4-5-9/h2-3,6-7,9H,4-5H2,1H3,(H,19,22). The van der Waals surface area contributed by atoms with Crippen molar-refractivity contribution >= 4 is 34.5 Å². The number of hydrogen-bond donors (Lipinski definition) is 1. The predicted octanol–water partition coefficient (Wildman–Crippen LogP) is 4.28. The second kappa shape index (κ2) is 5.99. The molecule has 0 spiro atoms. The summed E-state index contributed by atoms with van der Waals surface area (Å²) in [6.07, 6.45) is 3.76. The summed E-state index contributed by atoms with van der Waals surface area (Å²) in [7, 11) is 0. The number of nitrogens with one attached hydrogen (secondary N) is 1. The van der Waals surface area contributed by atoms with Gasteiger partial charge in [-0.3, -0.25) is 4.79 Å². The van der Waals surface area contributed by atoms with Crippen molar-refractivity contribution in [2.24, 2.45) is 0 Å². The van der Waals surface area contributed by atoms with Crippen LogP contribution in [0.15, 0.2) is 28.8 Å². The zero-order valence-corrected chi connectivity index (χ0v) is 14.3. The van der Waals surface area contributed by atoms with E-state index in [9.17, 15) is 4.79 Å². The van der Waals surface area contributed by atoms with E-state index in [0.29, 0.717) is 29.0 Å². The maximum Gasteiger partial charge on any atom is 0.258 e. The highest BCUT2D eigenvalue weighted by Crippen LogP contribution is 2.41. The maximum atomic E-state index is 12.4. The first-order valence-corrected chi connectivity index (χ1v) is 8.67. The van der Waals surface area contributed by atoms with Gasteiger partial charge in [-0.05, 0) is 38.0 Å². The molecule has 0 unspecified atom stereocenters. The number of pyridine rings is 1. The Hall–Kier alpha value is -2.25. The van der Waals surface area contributed by atoms with Crippen LogP contribution in [0.3, 0.4) is 0 Å². The van der Waals surface area contributed by atoms with Crippen LogP contribution in [0.1, 0.15) is 39.9 Å². The summed E-state index contributed by atoms with van der Waals surface area (Å²) in [5, 5.41) is 11.2. The number of rotatable bonds is 4. The second-order valence-electron chi connectivity index (χ2n) is 5.60. The largest absolute Gasteiger partial charge is 0.420 e. The number of hydrogen-bond acceptors (Lipinski definition) is 6. The third-order valence-electron chi connectivity index (χ3n) is 3.75. The Morgan fingerprint density at radius 1 is 1.42 bits per heavy atom. The first-order chi connectivity index (χ1) is 11.6. The van der Waals surface area contributed by atoms with Crippen molar-refractivity contribution in [1.29, 1.82) is 0 Å². The monoisotopic (exact) mass is 360 g/mol. The van der Waals surface area contributed by atoms with Crippen molar-refractivity contribution in [2.75, 3.05) is 5.32 Å². The van der Waals surface area contributed by atoms with Crippen molar-refractivity contribution in [3.05, 3.63) is 45.9 Å². The number of anilines is 1. The normalized spacial score (nSPS) is 13.9. The molecule has 122 valence electrons. The van der Waals surface area contributed by atoms with E-state index in [1.807, 2.05) is 13.0 Å². The Morgan fingerprint density at radius 2 is 2.25 bits per heavy atom. The number of halogens is 1. The highest BCUT2D eigenvalue weighted by atomic mass is 35.5. The van der Waals surface area contributed by atoms with Crippen LogP contribution in [0.4, 0.5) is 5.69 Å². The lowest BCUT2D eigenvalue weighted by Gasteiger charge is -2.05. The van der Waals surface area contributed by atoms with Gasteiger partial charge in [0.15, 0.2) is 0 Å². The Bertz CT molecular complexity index is 916. The number of nitrogens with zero attached hydrogens (tertiary/aromatic N) is 3. The predicted molar refractivity (Wildman–Crippen MR) is 91.5 cm³/mol. The molecular weight excluding hydrogens is 348 g/mol. The van der Waals surface area contributed by atoms with Crippen LogP contribution >= 0.6 is 22.9 Å². The molecule has 1 fully saturated rings. The summed E-state index contributed by atoms with van der Waals surface area (Å²) in [5.74, 6) is 1.30. The number of aryl methyl sites for hydroxylation is 1. The molecule has 3 aromatic rings. The van der Waals surface area contributed by atoms with Crippen molar-refractivity contribution in [2.45, 2.75) is 25.7 Å². The van der Waals surface area contributed by atoms with Gasteiger partial charge in [-0.1, -0.05) is 11.6 Å². The molecule has 8 heteroatoms. The molecule has 0 atom stereocenters. The smallest absolute Gasteiger partial charge is 0.258 e. The number of carbonyl (C=O) groups excluding carboxylic acids is 1. The molecule has 1 aliphatic carbocycles. The van der Waals surface area contributed by atoms with E-state index >= 15 is 0 Å². The number of carbonyl (C=O) groups is 1. The fourth-order valence-electron chi connectivity index (χ4n) is 2.29. The third kappa shape index (κ3) is 2.92. The minimum atomic E-state index is -0.301. The zero-order chi connectivity index (χ0) is 16.7. The summed E-state index contributed by atoms with van der Waals surface area (Å²) in [5.41, 5.74) is 1.03. The molecule has 1 aliphatic rings. The number of amides is 1. The SMILES string of the molecule is Cc1sc(-c2nnc(C3CC3)o2)cc1NC(=O)c1cccnc1Cl. The summed E-state index contributed by atoms with van der Waals surface area (Å²) < 4.78 is 5.72. The van der Waals surface area contributed by atoms with Gasteiger partial charge in [0, 0.05) is 17.0 Å². The van der Waals surface area contributed by atoms with Crippen molar-refractivity contribution in [1.82, 2.24) is 15.2 Å². The first-order valence-electron chi connectivity index (χ1n) is 7.48. The summed E-state index contributed by atoms with van der Waals surface area (Å²) >= 11 is 7.46. The van der Waals surface area contributed by atoms with E-state index in [1.54, 1.807) is 18.3 Å². The van der Waals surface area contributed by atoms with Crippen molar-refractivity contribution in [3.63, 3.8) is 0 Å². The first kappa shape index (κ1) is 15.3. The topological polar surface area (TPSA) is 80.9 Å².